The first kappa shape index (κ1) is 12.2. The van der Waals surface area contributed by atoms with E-state index in [4.69, 9.17) is 5.73 Å². The van der Waals surface area contributed by atoms with Crippen molar-refractivity contribution in [3.63, 3.8) is 0 Å². The maximum Gasteiger partial charge on any atom is 0.268 e. The first-order chi connectivity index (χ1) is 9.72. The second kappa shape index (κ2) is 5.00. The molecule has 1 amide bonds. The van der Waals surface area contributed by atoms with Gasteiger partial charge in [0.15, 0.2) is 0 Å². The number of benzene rings is 1. The van der Waals surface area contributed by atoms with Crippen molar-refractivity contribution in [2.24, 2.45) is 0 Å². The molecule has 6 nitrogen and oxygen atoms in total. The van der Waals surface area contributed by atoms with Gasteiger partial charge in [-0.25, -0.2) is 9.97 Å². The van der Waals surface area contributed by atoms with Crippen LogP contribution in [0.5, 0.6) is 0 Å². The van der Waals surface area contributed by atoms with Crippen LogP contribution >= 0.6 is 0 Å². The monoisotopic (exact) mass is 267 g/mol. The normalized spacial score (nSPS) is 10.6. The Bertz CT molecular complexity index is 751. The number of carbonyl (C=O) groups excluding carboxylic acids is 1. The van der Waals surface area contributed by atoms with Crippen molar-refractivity contribution >= 4 is 22.5 Å². The van der Waals surface area contributed by atoms with Crippen molar-refractivity contribution in [1.29, 1.82) is 0 Å². The topological polar surface area (TPSA) is 96.7 Å². The van der Waals surface area contributed by atoms with Crippen LogP contribution in [0.15, 0.2) is 42.9 Å². The Morgan fingerprint density at radius 2 is 2.20 bits per heavy atom. The van der Waals surface area contributed by atoms with E-state index < -0.39 is 0 Å². The summed E-state index contributed by atoms with van der Waals surface area (Å²) >= 11 is 0. The third-order valence-corrected chi connectivity index (χ3v) is 2.96. The van der Waals surface area contributed by atoms with E-state index in [0.717, 1.165) is 16.6 Å². The van der Waals surface area contributed by atoms with Crippen LogP contribution in [0.2, 0.25) is 0 Å². The second-order valence-corrected chi connectivity index (χ2v) is 4.41. The maximum atomic E-state index is 12.1. The Kier molecular flexibility index (Phi) is 3.04. The van der Waals surface area contributed by atoms with E-state index in [1.54, 1.807) is 24.4 Å². The lowest BCUT2D eigenvalue weighted by Crippen LogP contribution is -2.23. The summed E-state index contributed by atoms with van der Waals surface area (Å²) in [6.45, 7) is 0.360. The summed E-state index contributed by atoms with van der Waals surface area (Å²) in [6.07, 6.45) is 3.09. The maximum absolute atomic E-state index is 12.1. The fourth-order valence-corrected chi connectivity index (χ4v) is 1.96. The molecule has 4 N–H and O–H groups in total. The number of H-pyrrole nitrogens is 1. The summed E-state index contributed by atoms with van der Waals surface area (Å²) in [5.41, 5.74) is 8.52. The molecule has 6 heteroatoms. The molecule has 0 saturated heterocycles. The highest BCUT2D eigenvalue weighted by molar-refractivity contribution is 5.98. The number of fused-ring (bicyclic) bond motifs is 1. The van der Waals surface area contributed by atoms with Crippen molar-refractivity contribution in [1.82, 2.24) is 20.3 Å². The molecule has 0 fully saturated rings. The van der Waals surface area contributed by atoms with Crippen molar-refractivity contribution in [3.05, 3.63) is 54.2 Å². The lowest BCUT2D eigenvalue weighted by Gasteiger charge is -2.02. The molecular formula is C14H13N5O. The predicted molar refractivity (Wildman–Crippen MR) is 75.9 cm³/mol. The predicted octanol–water partition coefficient (Wildman–Crippen LogP) is 1.47. The van der Waals surface area contributed by atoms with Gasteiger partial charge in [0.05, 0.1) is 12.2 Å². The van der Waals surface area contributed by atoms with Gasteiger partial charge in [0.25, 0.3) is 5.91 Å². The van der Waals surface area contributed by atoms with Crippen LogP contribution in [0, 0.1) is 0 Å². The van der Waals surface area contributed by atoms with Gasteiger partial charge in [0, 0.05) is 22.8 Å². The van der Waals surface area contributed by atoms with Gasteiger partial charge in [-0.15, -0.1) is 0 Å². The van der Waals surface area contributed by atoms with Crippen molar-refractivity contribution < 1.29 is 4.79 Å². The Hall–Kier alpha value is -2.89. The van der Waals surface area contributed by atoms with Crippen LogP contribution in [-0.2, 0) is 6.54 Å². The van der Waals surface area contributed by atoms with Gasteiger partial charge < -0.3 is 16.0 Å². The van der Waals surface area contributed by atoms with E-state index in [1.807, 2.05) is 12.1 Å². The van der Waals surface area contributed by atoms with E-state index in [1.165, 1.54) is 6.33 Å². The largest absolute Gasteiger partial charge is 0.399 e. The molecule has 2 aromatic heterocycles. The van der Waals surface area contributed by atoms with Gasteiger partial charge in [0.2, 0.25) is 0 Å². The number of rotatable bonds is 3. The number of aromatic nitrogens is 3. The summed E-state index contributed by atoms with van der Waals surface area (Å²) in [6, 6.07) is 9.01. The molecule has 0 spiro atoms. The first-order valence-electron chi connectivity index (χ1n) is 6.14. The Morgan fingerprint density at radius 1 is 1.30 bits per heavy atom. The molecule has 0 aliphatic carbocycles. The number of nitrogen functional groups attached to an aromatic ring is 1. The van der Waals surface area contributed by atoms with Gasteiger partial charge in [-0.2, -0.15) is 0 Å². The molecular weight excluding hydrogens is 254 g/mol. The van der Waals surface area contributed by atoms with Crippen LogP contribution in [0.3, 0.4) is 0 Å². The van der Waals surface area contributed by atoms with Crippen molar-refractivity contribution in [2.45, 2.75) is 6.54 Å². The second-order valence-electron chi connectivity index (χ2n) is 4.41. The molecule has 100 valence electrons. The summed E-state index contributed by atoms with van der Waals surface area (Å²) in [5, 5.41) is 3.71. The molecule has 3 rings (SSSR count). The highest BCUT2D eigenvalue weighted by atomic mass is 16.1. The average Bonchev–Trinajstić information content (AvgIpc) is 2.89. The number of anilines is 1. The molecule has 0 unspecified atom stereocenters. The number of carbonyl (C=O) groups is 1. The molecule has 20 heavy (non-hydrogen) atoms. The molecule has 0 saturated carbocycles. The number of hydrogen-bond acceptors (Lipinski definition) is 4. The van der Waals surface area contributed by atoms with E-state index >= 15 is 0 Å². The molecule has 0 aliphatic heterocycles. The molecule has 0 radical (unpaired) electrons. The highest BCUT2D eigenvalue weighted by Crippen LogP contribution is 2.18. The number of hydrogen-bond donors (Lipinski definition) is 3. The smallest absolute Gasteiger partial charge is 0.268 e. The number of nitrogens with zero attached hydrogens (tertiary/aromatic N) is 2. The van der Waals surface area contributed by atoms with Crippen LogP contribution in [0.25, 0.3) is 10.9 Å². The lowest BCUT2D eigenvalue weighted by atomic mass is 10.2. The summed E-state index contributed by atoms with van der Waals surface area (Å²) in [7, 11) is 0. The van der Waals surface area contributed by atoms with Crippen molar-refractivity contribution in [2.75, 3.05) is 5.73 Å². The molecule has 0 bridgehead atoms. The Balaban J connectivity index is 1.75. The number of nitrogens with one attached hydrogen (secondary N) is 2. The summed E-state index contributed by atoms with van der Waals surface area (Å²) < 4.78 is 0. The minimum atomic E-state index is -0.182. The molecule has 2 heterocycles. The fourth-order valence-electron chi connectivity index (χ4n) is 1.96. The van der Waals surface area contributed by atoms with Crippen LogP contribution in [0.4, 0.5) is 5.69 Å². The lowest BCUT2D eigenvalue weighted by molar-refractivity contribution is 0.0946. The molecule has 0 aliphatic rings. The SMILES string of the molecule is Nc1ccc2[nH]c(C(=O)NCc3ccncn3)cc2c1. The minimum absolute atomic E-state index is 0.182. The first-order valence-corrected chi connectivity index (χ1v) is 6.14. The van der Waals surface area contributed by atoms with E-state index in [9.17, 15) is 4.79 Å². The van der Waals surface area contributed by atoms with E-state index in [0.29, 0.717) is 17.9 Å². The fraction of sp³-hybridized carbons (Fsp3) is 0.0714. The average molecular weight is 267 g/mol. The third-order valence-electron chi connectivity index (χ3n) is 2.96. The zero-order chi connectivity index (χ0) is 13.9. The van der Waals surface area contributed by atoms with E-state index in [-0.39, 0.29) is 5.91 Å². The van der Waals surface area contributed by atoms with Gasteiger partial charge in [0.1, 0.15) is 12.0 Å². The summed E-state index contributed by atoms with van der Waals surface area (Å²) in [5.74, 6) is -0.182. The number of nitrogens with two attached hydrogens (primary N) is 1. The standard InChI is InChI=1S/C14H13N5O/c15-10-1-2-12-9(5-10)6-13(19-12)14(20)17-7-11-3-4-16-8-18-11/h1-6,8,19H,7,15H2,(H,17,20). The summed E-state index contributed by atoms with van der Waals surface area (Å²) in [4.78, 5) is 23.0. The van der Waals surface area contributed by atoms with Gasteiger partial charge in [-0.05, 0) is 30.3 Å². The zero-order valence-corrected chi connectivity index (χ0v) is 10.6. The zero-order valence-electron chi connectivity index (χ0n) is 10.6. The third kappa shape index (κ3) is 2.44. The number of aromatic amines is 1. The van der Waals surface area contributed by atoms with Crippen LogP contribution in [0.1, 0.15) is 16.2 Å². The van der Waals surface area contributed by atoms with Gasteiger partial charge in [-0.3, -0.25) is 4.79 Å². The van der Waals surface area contributed by atoms with Crippen LogP contribution in [-0.4, -0.2) is 20.9 Å². The quantitative estimate of drug-likeness (QED) is 0.626. The Morgan fingerprint density at radius 3 is 3.00 bits per heavy atom. The van der Waals surface area contributed by atoms with Crippen LogP contribution < -0.4 is 11.1 Å². The molecule has 1 aromatic carbocycles. The molecule has 3 aromatic rings. The highest BCUT2D eigenvalue weighted by Gasteiger charge is 2.09. The number of amides is 1. The minimum Gasteiger partial charge on any atom is -0.399 e. The van der Waals surface area contributed by atoms with Gasteiger partial charge in [-0.1, -0.05) is 0 Å². The Labute approximate surface area is 115 Å². The van der Waals surface area contributed by atoms with Crippen molar-refractivity contribution in [3.8, 4) is 0 Å². The van der Waals surface area contributed by atoms with E-state index in [2.05, 4.69) is 20.3 Å². The van der Waals surface area contributed by atoms with Gasteiger partial charge >= 0.3 is 0 Å². The molecule has 0 atom stereocenters.